The number of aliphatic hydroxyl groups excluding tert-OH is 1. The van der Waals surface area contributed by atoms with E-state index in [0.717, 1.165) is 12.5 Å². The Labute approximate surface area is 352 Å². The van der Waals surface area contributed by atoms with E-state index in [0.29, 0.717) is 37.2 Å². The predicted molar refractivity (Wildman–Crippen MR) is 219 cm³/mol. The van der Waals surface area contributed by atoms with Crippen LogP contribution in [0.4, 0.5) is 14.9 Å². The molecule has 3 aliphatic heterocycles. The number of rotatable bonds is 11. The van der Waals surface area contributed by atoms with Gasteiger partial charge in [0.25, 0.3) is 5.67 Å². The molecule has 3 fully saturated rings. The number of amides is 1. The van der Waals surface area contributed by atoms with Crippen LogP contribution in [0.15, 0.2) is 30.5 Å². The molecule has 1 amide bonds. The molecule has 0 bridgehead atoms. The number of ether oxygens (including phenoxy) is 5. The third-order valence-corrected chi connectivity index (χ3v) is 12.9. The van der Waals surface area contributed by atoms with Crippen LogP contribution in [0.2, 0.25) is 0 Å². The molecule has 0 radical (unpaired) electrons. The number of cyclic esters (lactones) is 1. The summed E-state index contributed by atoms with van der Waals surface area (Å²) in [4.78, 5) is 60.1. The second-order valence-electron chi connectivity index (χ2n) is 17.8. The number of hydrogen-bond donors (Lipinski definition) is 2. The molecular weight excluding hydrogens is 780 g/mol. The maximum atomic E-state index is 16.9. The number of carbonyl (C=O) groups excluding carboxylic acids is 4. The van der Waals surface area contributed by atoms with Crippen LogP contribution in [0.1, 0.15) is 87.5 Å². The lowest BCUT2D eigenvalue weighted by atomic mass is 9.73. The molecule has 0 spiro atoms. The number of alkyl halides is 1. The molecule has 1 unspecified atom stereocenters. The quantitative estimate of drug-likeness (QED) is 0.138. The van der Waals surface area contributed by atoms with Crippen LogP contribution >= 0.6 is 0 Å². The molecule has 2 aromatic rings. The maximum Gasteiger partial charge on any atom is 0.410 e. The number of nitrogens with two attached hydrogens (primary N) is 1. The van der Waals surface area contributed by atoms with Crippen molar-refractivity contribution in [2.45, 2.75) is 154 Å². The number of aliphatic hydroxyl groups is 1. The van der Waals surface area contributed by atoms with Crippen molar-refractivity contribution in [1.82, 2.24) is 24.8 Å². The van der Waals surface area contributed by atoms with Gasteiger partial charge < -0.3 is 44.3 Å². The van der Waals surface area contributed by atoms with E-state index in [1.807, 2.05) is 50.3 Å². The number of hydrogen-bond acceptors (Lipinski definition) is 14. The minimum absolute atomic E-state index is 0.0111. The highest BCUT2D eigenvalue weighted by Crippen LogP contribution is 2.44. The van der Waals surface area contributed by atoms with Crippen LogP contribution in [0.25, 0.3) is 11.3 Å². The number of benzene rings is 1. The van der Waals surface area contributed by atoms with Crippen molar-refractivity contribution in [3.05, 3.63) is 30.5 Å². The van der Waals surface area contributed by atoms with Gasteiger partial charge >= 0.3 is 12.1 Å². The summed E-state index contributed by atoms with van der Waals surface area (Å²) in [7, 11) is 5.04. The number of halogens is 1. The second-order valence-corrected chi connectivity index (χ2v) is 17.8. The van der Waals surface area contributed by atoms with Gasteiger partial charge in [-0.25, -0.2) is 14.0 Å². The molecule has 0 aliphatic carbocycles. The highest BCUT2D eigenvalue weighted by Gasteiger charge is 2.61. The van der Waals surface area contributed by atoms with Gasteiger partial charge in [-0.2, -0.15) is 0 Å². The normalized spacial score (nSPS) is 37.1. The Kier molecular flexibility index (Phi) is 14.5. The van der Waals surface area contributed by atoms with Crippen molar-refractivity contribution < 1.29 is 52.4 Å². The van der Waals surface area contributed by atoms with Crippen LogP contribution < -0.4 is 5.73 Å². The zero-order chi connectivity index (χ0) is 44.5. The minimum Gasteiger partial charge on any atom is -0.455 e. The first kappa shape index (κ1) is 47.0. The highest BCUT2D eigenvalue weighted by atomic mass is 19.1. The molecule has 0 saturated carbocycles. The number of likely N-dealkylation sites (N-methyl/N-ethyl adjacent to an activating group) is 1. The van der Waals surface area contributed by atoms with E-state index in [1.165, 1.54) is 18.9 Å². The molecule has 334 valence electrons. The van der Waals surface area contributed by atoms with Gasteiger partial charge in [-0.15, -0.1) is 5.10 Å². The third-order valence-electron chi connectivity index (χ3n) is 12.9. The summed E-state index contributed by atoms with van der Waals surface area (Å²) >= 11 is 0. The summed E-state index contributed by atoms with van der Waals surface area (Å²) < 4.78 is 49.2. The van der Waals surface area contributed by atoms with Crippen molar-refractivity contribution in [3.63, 3.8) is 0 Å². The largest absolute Gasteiger partial charge is 0.455 e. The third kappa shape index (κ3) is 9.39. The van der Waals surface area contributed by atoms with Crippen molar-refractivity contribution >= 4 is 29.3 Å². The molecular formula is C43H65FN6O10. The van der Waals surface area contributed by atoms with E-state index in [-0.39, 0.29) is 37.3 Å². The summed E-state index contributed by atoms with van der Waals surface area (Å²) in [5.74, 6) is -5.85. The second kappa shape index (κ2) is 18.5. The summed E-state index contributed by atoms with van der Waals surface area (Å²) in [6.07, 6.45) is -2.57. The molecule has 60 heavy (non-hydrogen) atoms. The van der Waals surface area contributed by atoms with Crippen molar-refractivity contribution in [2.24, 2.45) is 17.8 Å². The van der Waals surface area contributed by atoms with Crippen molar-refractivity contribution in [1.29, 1.82) is 0 Å². The van der Waals surface area contributed by atoms with E-state index in [2.05, 4.69) is 10.3 Å². The lowest BCUT2D eigenvalue weighted by Crippen LogP contribution is -2.61. The molecule has 3 N–H and O–H groups in total. The van der Waals surface area contributed by atoms with Gasteiger partial charge in [0.05, 0.1) is 30.0 Å². The van der Waals surface area contributed by atoms with E-state index >= 15 is 4.39 Å². The van der Waals surface area contributed by atoms with Crippen LogP contribution in [0.5, 0.6) is 0 Å². The summed E-state index contributed by atoms with van der Waals surface area (Å²) in [5.41, 5.74) is 1.80. The van der Waals surface area contributed by atoms with Gasteiger partial charge in [-0.05, 0) is 86.0 Å². The molecule has 4 heterocycles. The summed E-state index contributed by atoms with van der Waals surface area (Å²) in [5, 5.41) is 19.9. The molecule has 17 heteroatoms. The fraction of sp³-hybridized carbons (Fsp3) is 0.721. The van der Waals surface area contributed by atoms with Gasteiger partial charge in [-0.1, -0.05) is 45.0 Å². The zero-order valence-electron chi connectivity index (χ0n) is 36.9. The van der Waals surface area contributed by atoms with Gasteiger partial charge in [0.2, 0.25) is 0 Å². The lowest BCUT2D eigenvalue weighted by Gasteiger charge is -2.47. The first-order valence-corrected chi connectivity index (χ1v) is 21.0. The predicted octanol–water partition coefficient (Wildman–Crippen LogP) is 4.60. The average molecular weight is 845 g/mol. The first-order valence-electron chi connectivity index (χ1n) is 21.0. The Hall–Kier alpha value is -4.03. The molecule has 16 nitrogen and oxygen atoms in total. The number of carbonyl (C=O) groups is 4. The van der Waals surface area contributed by atoms with Crippen LogP contribution in [0, 0.1) is 17.8 Å². The van der Waals surface area contributed by atoms with Crippen LogP contribution in [0.3, 0.4) is 0 Å². The van der Waals surface area contributed by atoms with Crippen molar-refractivity contribution in [3.8, 4) is 11.3 Å². The highest BCUT2D eigenvalue weighted by molar-refractivity contribution is 6.08. The van der Waals surface area contributed by atoms with Gasteiger partial charge in [-0.3, -0.25) is 14.3 Å². The van der Waals surface area contributed by atoms with Gasteiger partial charge in [0.1, 0.15) is 23.7 Å². The number of methoxy groups -OCH3 is 1. The SMILES string of the molecule is CCC1OC(=O)[C@@](C)(F)C(=O)[C@H](C)[C@@H](O[C@@H]2O[C@H](C)C[C@H](N(C)C)[C@H]2O)[C@](C)(OC)C[C@@H](C)C(=O)[C@H](C)[C@H]2N(CCCCn3cc(-c4cccc(N)c4)nn3)C(=O)O[C@]12C. The smallest absolute Gasteiger partial charge is 0.410 e. The number of ketones is 2. The Bertz CT molecular complexity index is 1860. The average Bonchev–Trinajstić information content (AvgIpc) is 3.78. The molecule has 13 atom stereocenters. The number of nitrogen functional groups attached to an aromatic ring is 1. The van der Waals surface area contributed by atoms with Crippen LogP contribution in [-0.4, -0.2) is 141 Å². The Morgan fingerprint density at radius 2 is 1.73 bits per heavy atom. The number of fused-ring (bicyclic) bond motifs is 1. The number of Topliss-reactive ketones (excluding diaryl/α,β-unsaturated/α-hetero) is 2. The van der Waals surface area contributed by atoms with E-state index in [4.69, 9.17) is 29.4 Å². The van der Waals surface area contributed by atoms with Crippen LogP contribution in [-0.2, 0) is 44.6 Å². The van der Waals surface area contributed by atoms with E-state index in [9.17, 15) is 24.3 Å². The van der Waals surface area contributed by atoms with E-state index < -0.39 is 83.1 Å². The maximum absolute atomic E-state index is 16.9. The lowest BCUT2D eigenvalue weighted by molar-refractivity contribution is -0.295. The Morgan fingerprint density at radius 3 is 2.37 bits per heavy atom. The standard InChI is InChI=1S/C43H65FN6O10/c1-12-32-43(8)35(50(40(55)60-43)19-14-13-18-49-23-30(46-47-49)28-16-15-17-29(45)21-28)26(4)33(51)24(2)22-41(6,56-11)37(27(5)36(53)42(7,44)39(54)58-32)59-38-34(52)31(48(9)10)20-25(3)57-38/h15-17,21,23-27,31-32,34-35,37-38,52H,12-14,18-20,22,45H2,1-11H3/t24-,25-,26+,27+,31+,32?,34-,35-,37-,38+,41-,42+,43-/m1/s1. The molecule has 1 aromatic carbocycles. The molecule has 5 rings (SSSR count). The number of aryl methyl sites for hydroxylation is 1. The number of esters is 1. The topological polar surface area (TPSA) is 198 Å². The van der Waals surface area contributed by atoms with Gasteiger partial charge in [0, 0.05) is 55.2 Å². The monoisotopic (exact) mass is 844 g/mol. The number of anilines is 1. The number of aromatic nitrogens is 3. The Balaban J connectivity index is 1.45. The fourth-order valence-corrected chi connectivity index (χ4v) is 9.51. The number of nitrogens with zero attached hydrogens (tertiary/aromatic N) is 5. The molecule has 3 saturated heterocycles. The zero-order valence-corrected chi connectivity index (χ0v) is 36.9. The Morgan fingerprint density at radius 1 is 1.05 bits per heavy atom. The van der Waals surface area contributed by atoms with Crippen molar-refractivity contribution in [2.75, 3.05) is 33.5 Å². The summed E-state index contributed by atoms with van der Waals surface area (Å²) in [6, 6.07) is 6.02. The minimum atomic E-state index is -3.19. The number of unbranched alkanes of at least 4 members (excludes halogenated alkanes) is 1. The first-order chi connectivity index (χ1) is 28.1. The molecule has 3 aliphatic rings. The fourth-order valence-electron chi connectivity index (χ4n) is 9.51. The molecule has 1 aromatic heterocycles. The summed E-state index contributed by atoms with van der Waals surface area (Å²) in [6.45, 7) is 13.1. The van der Waals surface area contributed by atoms with E-state index in [1.54, 1.807) is 45.4 Å². The van der Waals surface area contributed by atoms with Gasteiger partial charge in [0.15, 0.2) is 17.7 Å².